The molecular formula is C27H25NO5. The largest absolute Gasteiger partial charge is 0.497 e. The Bertz CT molecular complexity index is 1270. The van der Waals surface area contributed by atoms with E-state index in [9.17, 15) is 14.7 Å². The number of carboxylic acids is 1. The van der Waals surface area contributed by atoms with Crippen LogP contribution >= 0.6 is 0 Å². The molecule has 0 aliphatic heterocycles. The third kappa shape index (κ3) is 5.06. The van der Waals surface area contributed by atoms with Gasteiger partial charge in [-0.15, -0.1) is 0 Å². The number of hydrogen-bond acceptors (Lipinski definition) is 4. The maximum Gasteiger partial charge on any atom is 0.326 e. The summed E-state index contributed by atoms with van der Waals surface area (Å²) in [4.78, 5) is 24.5. The second-order valence-electron chi connectivity index (χ2n) is 7.83. The van der Waals surface area contributed by atoms with Crippen LogP contribution in [-0.2, 0) is 17.6 Å². The summed E-state index contributed by atoms with van der Waals surface area (Å²) < 4.78 is 10.8. The summed E-state index contributed by atoms with van der Waals surface area (Å²) in [5.74, 6) is -0.996. The van der Waals surface area contributed by atoms with E-state index in [1.165, 1.54) is 5.56 Å². The van der Waals surface area contributed by atoms with Gasteiger partial charge in [0.15, 0.2) is 5.76 Å². The summed E-state index contributed by atoms with van der Waals surface area (Å²) in [6.45, 7) is 2.12. The maximum atomic E-state index is 12.7. The Labute approximate surface area is 191 Å². The fourth-order valence-corrected chi connectivity index (χ4v) is 3.69. The molecule has 3 aromatic carbocycles. The van der Waals surface area contributed by atoms with Crippen molar-refractivity contribution >= 4 is 22.8 Å². The highest BCUT2D eigenvalue weighted by Gasteiger charge is 2.23. The van der Waals surface area contributed by atoms with Gasteiger partial charge in [-0.25, -0.2) is 4.79 Å². The topological polar surface area (TPSA) is 88.8 Å². The number of methoxy groups -OCH3 is 1. The number of hydrogen-bond donors (Lipinski definition) is 2. The second kappa shape index (κ2) is 9.61. The number of carbonyl (C=O) groups is 2. The molecule has 0 saturated heterocycles. The van der Waals surface area contributed by atoms with Gasteiger partial charge in [-0.1, -0.05) is 55.5 Å². The van der Waals surface area contributed by atoms with Gasteiger partial charge in [0.25, 0.3) is 5.91 Å². The highest BCUT2D eigenvalue weighted by molar-refractivity contribution is 5.98. The monoisotopic (exact) mass is 443 g/mol. The van der Waals surface area contributed by atoms with Crippen LogP contribution in [0.25, 0.3) is 22.1 Å². The number of nitrogens with one attached hydrogen (secondary N) is 1. The molecule has 6 heteroatoms. The first-order valence-electron chi connectivity index (χ1n) is 10.8. The third-order valence-corrected chi connectivity index (χ3v) is 5.64. The summed E-state index contributed by atoms with van der Waals surface area (Å²) in [5.41, 5.74) is 4.76. The fraction of sp³-hybridized carbons (Fsp3) is 0.185. The lowest BCUT2D eigenvalue weighted by molar-refractivity contribution is -0.139. The van der Waals surface area contributed by atoms with Crippen molar-refractivity contribution in [3.8, 4) is 16.9 Å². The Morgan fingerprint density at radius 3 is 2.15 bits per heavy atom. The van der Waals surface area contributed by atoms with E-state index < -0.39 is 17.9 Å². The van der Waals surface area contributed by atoms with Gasteiger partial charge in [0, 0.05) is 11.8 Å². The first kappa shape index (κ1) is 22.1. The van der Waals surface area contributed by atoms with Crippen molar-refractivity contribution in [3.63, 3.8) is 0 Å². The molecule has 0 aliphatic rings. The summed E-state index contributed by atoms with van der Waals surface area (Å²) in [6.07, 6.45) is 1.15. The number of fused-ring (bicyclic) bond motifs is 1. The van der Waals surface area contributed by atoms with E-state index in [1.807, 2.05) is 24.3 Å². The molecule has 0 bridgehead atoms. The van der Waals surface area contributed by atoms with Gasteiger partial charge < -0.3 is 19.6 Å². The van der Waals surface area contributed by atoms with E-state index in [0.29, 0.717) is 16.7 Å². The molecule has 0 fully saturated rings. The van der Waals surface area contributed by atoms with Crippen molar-refractivity contribution < 1.29 is 23.8 Å². The first-order chi connectivity index (χ1) is 16.0. The second-order valence-corrected chi connectivity index (χ2v) is 7.83. The number of carbonyl (C=O) groups excluding carboxylic acids is 1. The van der Waals surface area contributed by atoms with E-state index in [-0.39, 0.29) is 12.2 Å². The zero-order valence-electron chi connectivity index (χ0n) is 18.5. The molecule has 0 unspecified atom stereocenters. The highest BCUT2D eigenvalue weighted by Crippen LogP contribution is 2.25. The van der Waals surface area contributed by atoms with Crippen LogP contribution in [0.4, 0.5) is 0 Å². The lowest BCUT2D eigenvalue weighted by Gasteiger charge is -2.14. The summed E-state index contributed by atoms with van der Waals surface area (Å²) in [7, 11) is 1.56. The molecule has 168 valence electrons. The summed E-state index contributed by atoms with van der Waals surface area (Å²) in [6, 6.07) is 21.7. The van der Waals surface area contributed by atoms with E-state index in [0.717, 1.165) is 23.1 Å². The minimum atomic E-state index is -1.11. The Hall–Kier alpha value is -4.06. The molecule has 0 saturated carbocycles. The molecule has 1 aromatic heterocycles. The van der Waals surface area contributed by atoms with E-state index in [2.05, 4.69) is 36.5 Å². The number of aliphatic carboxylic acids is 1. The number of benzene rings is 3. The number of furan rings is 1. The number of carboxylic acid groups (broad SMARTS) is 1. The Morgan fingerprint density at radius 2 is 1.58 bits per heavy atom. The SMILES string of the molecule is CCc1ccc(-c2ccc(C[C@H](NC(=O)c3cc4cc(OC)ccc4o3)C(=O)O)cc2)cc1. The van der Waals surface area contributed by atoms with Crippen LogP contribution in [0.15, 0.2) is 77.2 Å². The number of amides is 1. The normalized spacial score (nSPS) is 11.8. The van der Waals surface area contributed by atoms with Gasteiger partial charge in [0.2, 0.25) is 0 Å². The number of aryl methyl sites for hydroxylation is 1. The molecule has 4 aromatic rings. The average Bonchev–Trinajstić information content (AvgIpc) is 3.27. The lowest BCUT2D eigenvalue weighted by atomic mass is 9.99. The molecule has 1 amide bonds. The predicted molar refractivity (Wildman–Crippen MR) is 127 cm³/mol. The number of ether oxygens (including phenoxy) is 1. The van der Waals surface area contributed by atoms with Crippen molar-refractivity contribution in [1.29, 1.82) is 0 Å². The smallest absolute Gasteiger partial charge is 0.326 e. The Kier molecular flexibility index (Phi) is 6.45. The van der Waals surface area contributed by atoms with Crippen molar-refractivity contribution in [2.24, 2.45) is 0 Å². The van der Waals surface area contributed by atoms with Crippen LogP contribution in [0.2, 0.25) is 0 Å². The lowest BCUT2D eigenvalue weighted by Crippen LogP contribution is -2.42. The van der Waals surface area contributed by atoms with E-state index >= 15 is 0 Å². The van der Waals surface area contributed by atoms with Gasteiger partial charge in [-0.2, -0.15) is 0 Å². The van der Waals surface area contributed by atoms with Crippen LogP contribution < -0.4 is 10.1 Å². The van der Waals surface area contributed by atoms with E-state index in [4.69, 9.17) is 9.15 Å². The summed E-state index contributed by atoms with van der Waals surface area (Å²) in [5, 5.41) is 12.9. The minimum Gasteiger partial charge on any atom is -0.497 e. The molecule has 6 nitrogen and oxygen atoms in total. The quantitative estimate of drug-likeness (QED) is 0.396. The van der Waals surface area contributed by atoms with Gasteiger partial charge in [-0.05, 0) is 52.9 Å². The van der Waals surface area contributed by atoms with Crippen molar-refractivity contribution in [2.75, 3.05) is 7.11 Å². The van der Waals surface area contributed by atoms with Gasteiger partial charge >= 0.3 is 5.97 Å². The van der Waals surface area contributed by atoms with E-state index in [1.54, 1.807) is 31.4 Å². The predicted octanol–water partition coefficient (Wildman–Crippen LogP) is 5.10. The van der Waals surface area contributed by atoms with Crippen LogP contribution in [0.3, 0.4) is 0 Å². The van der Waals surface area contributed by atoms with Crippen LogP contribution in [0.1, 0.15) is 28.6 Å². The zero-order chi connectivity index (χ0) is 23.4. The molecular weight excluding hydrogens is 418 g/mol. The minimum absolute atomic E-state index is 0.0513. The van der Waals surface area contributed by atoms with Crippen molar-refractivity contribution in [2.45, 2.75) is 25.8 Å². The molecule has 1 atom stereocenters. The average molecular weight is 443 g/mol. The van der Waals surface area contributed by atoms with Crippen molar-refractivity contribution in [1.82, 2.24) is 5.32 Å². The van der Waals surface area contributed by atoms with Gasteiger partial charge in [0.1, 0.15) is 17.4 Å². The van der Waals surface area contributed by atoms with Crippen LogP contribution in [0.5, 0.6) is 5.75 Å². The molecule has 1 heterocycles. The molecule has 2 N–H and O–H groups in total. The van der Waals surface area contributed by atoms with Gasteiger partial charge in [-0.3, -0.25) is 4.79 Å². The van der Waals surface area contributed by atoms with Crippen LogP contribution in [-0.4, -0.2) is 30.1 Å². The zero-order valence-corrected chi connectivity index (χ0v) is 18.5. The molecule has 4 rings (SSSR count). The molecule has 0 radical (unpaired) electrons. The standard InChI is InChI=1S/C27H25NO5/c1-3-17-4-8-19(9-5-17)20-10-6-18(7-11-20)14-23(27(30)31)28-26(29)25-16-21-15-22(32-2)12-13-24(21)33-25/h4-13,15-16,23H,3,14H2,1-2H3,(H,28,29)(H,30,31)/t23-/m0/s1. The fourth-order valence-electron chi connectivity index (χ4n) is 3.69. The maximum absolute atomic E-state index is 12.7. The third-order valence-electron chi connectivity index (χ3n) is 5.64. The molecule has 33 heavy (non-hydrogen) atoms. The molecule has 0 aliphatic carbocycles. The Balaban J connectivity index is 1.46. The Morgan fingerprint density at radius 1 is 0.939 bits per heavy atom. The van der Waals surface area contributed by atoms with Crippen LogP contribution in [0, 0.1) is 0 Å². The van der Waals surface area contributed by atoms with Gasteiger partial charge in [0.05, 0.1) is 7.11 Å². The highest BCUT2D eigenvalue weighted by atomic mass is 16.5. The van der Waals surface area contributed by atoms with Crippen molar-refractivity contribution in [3.05, 3.63) is 89.7 Å². The summed E-state index contributed by atoms with van der Waals surface area (Å²) >= 11 is 0. The first-order valence-corrected chi connectivity index (χ1v) is 10.8. The number of rotatable bonds is 8. The molecule has 0 spiro atoms.